The van der Waals surface area contributed by atoms with E-state index in [2.05, 4.69) is 52.3 Å². The summed E-state index contributed by atoms with van der Waals surface area (Å²) in [5.74, 6) is 1.60. The van der Waals surface area contributed by atoms with Gasteiger partial charge in [0.1, 0.15) is 11.3 Å². The molecular formula is C25H28N2O2. The predicted molar refractivity (Wildman–Crippen MR) is 114 cm³/mol. The number of para-hydroxylation sites is 1. The van der Waals surface area contributed by atoms with Gasteiger partial charge in [0.15, 0.2) is 0 Å². The van der Waals surface area contributed by atoms with Crippen LogP contribution in [0.15, 0.2) is 60.7 Å². The van der Waals surface area contributed by atoms with E-state index < -0.39 is 0 Å². The quantitative estimate of drug-likeness (QED) is 0.777. The SMILES string of the molecule is COc1ccccc1CN1C[C@@H]2C[C@@H](/C=C/c3ccccc3)N3CCC[C@@]23C1=O. The van der Waals surface area contributed by atoms with Crippen LogP contribution in [-0.2, 0) is 11.3 Å². The molecule has 3 aliphatic rings. The minimum Gasteiger partial charge on any atom is -0.496 e. The standard InChI is InChI=1S/C25H28N2O2/c1-29-23-11-6-5-10-20(23)17-26-18-21-16-22(13-12-19-8-3-2-4-9-19)27-15-7-14-25(21,27)24(26)28/h2-6,8-13,21-22H,7,14-18H2,1H3/b13-12+/t21-,22+,25-/m0/s1. The first-order chi connectivity index (χ1) is 14.2. The number of ether oxygens (including phenoxy) is 1. The Morgan fingerprint density at radius 3 is 2.76 bits per heavy atom. The topological polar surface area (TPSA) is 32.8 Å². The fourth-order valence-corrected chi connectivity index (χ4v) is 5.77. The summed E-state index contributed by atoms with van der Waals surface area (Å²) < 4.78 is 5.50. The van der Waals surface area contributed by atoms with Gasteiger partial charge in [-0.2, -0.15) is 0 Å². The molecule has 0 unspecified atom stereocenters. The Balaban J connectivity index is 1.36. The number of nitrogens with zero attached hydrogens (tertiary/aromatic N) is 2. The number of amides is 1. The van der Waals surface area contributed by atoms with Crippen LogP contribution in [0.25, 0.3) is 6.08 Å². The van der Waals surface area contributed by atoms with Crippen LogP contribution in [0.3, 0.4) is 0 Å². The van der Waals surface area contributed by atoms with Gasteiger partial charge in [-0.1, -0.05) is 60.7 Å². The van der Waals surface area contributed by atoms with Crippen molar-refractivity contribution < 1.29 is 9.53 Å². The fraction of sp³-hybridized carbons (Fsp3) is 0.400. The highest BCUT2D eigenvalue weighted by atomic mass is 16.5. The van der Waals surface area contributed by atoms with E-state index >= 15 is 0 Å². The lowest BCUT2D eigenvalue weighted by molar-refractivity contribution is -0.137. The third kappa shape index (κ3) is 2.98. The van der Waals surface area contributed by atoms with Gasteiger partial charge in [0.2, 0.25) is 5.91 Å². The molecule has 150 valence electrons. The molecule has 3 saturated heterocycles. The Kier molecular flexibility index (Phi) is 4.67. The number of carbonyl (C=O) groups is 1. The summed E-state index contributed by atoms with van der Waals surface area (Å²) in [7, 11) is 1.69. The van der Waals surface area contributed by atoms with E-state index in [0.717, 1.165) is 43.7 Å². The summed E-state index contributed by atoms with van der Waals surface area (Å²) in [5.41, 5.74) is 2.03. The molecule has 0 aromatic heterocycles. The van der Waals surface area contributed by atoms with Crippen LogP contribution in [0.5, 0.6) is 5.75 Å². The maximum absolute atomic E-state index is 13.6. The van der Waals surface area contributed by atoms with Crippen molar-refractivity contribution in [1.82, 2.24) is 9.80 Å². The zero-order chi connectivity index (χ0) is 19.8. The van der Waals surface area contributed by atoms with Gasteiger partial charge < -0.3 is 9.64 Å². The van der Waals surface area contributed by atoms with Crippen molar-refractivity contribution in [3.8, 4) is 5.75 Å². The molecule has 3 heterocycles. The van der Waals surface area contributed by atoms with Gasteiger partial charge in [-0.3, -0.25) is 9.69 Å². The molecule has 0 N–H and O–H groups in total. The van der Waals surface area contributed by atoms with Crippen LogP contribution in [0.2, 0.25) is 0 Å². The van der Waals surface area contributed by atoms with E-state index in [4.69, 9.17) is 4.74 Å². The monoisotopic (exact) mass is 388 g/mol. The Labute approximate surface area is 172 Å². The molecule has 3 fully saturated rings. The number of rotatable bonds is 5. The molecule has 4 nitrogen and oxygen atoms in total. The first-order valence-corrected chi connectivity index (χ1v) is 10.6. The number of likely N-dealkylation sites (tertiary alicyclic amines) is 1. The lowest BCUT2D eigenvalue weighted by Gasteiger charge is -2.32. The van der Waals surface area contributed by atoms with E-state index in [1.165, 1.54) is 5.56 Å². The van der Waals surface area contributed by atoms with Crippen molar-refractivity contribution in [2.45, 2.75) is 37.4 Å². The van der Waals surface area contributed by atoms with Crippen LogP contribution in [-0.4, -0.2) is 47.5 Å². The van der Waals surface area contributed by atoms with Crippen molar-refractivity contribution in [2.24, 2.45) is 5.92 Å². The van der Waals surface area contributed by atoms with Crippen LogP contribution in [0, 0.1) is 5.92 Å². The highest BCUT2D eigenvalue weighted by Crippen LogP contribution is 2.52. The maximum atomic E-state index is 13.6. The van der Waals surface area contributed by atoms with Gasteiger partial charge >= 0.3 is 0 Å². The van der Waals surface area contributed by atoms with Crippen molar-refractivity contribution in [2.75, 3.05) is 20.2 Å². The number of methoxy groups -OCH3 is 1. The van der Waals surface area contributed by atoms with E-state index in [0.29, 0.717) is 24.4 Å². The van der Waals surface area contributed by atoms with Gasteiger partial charge in [-0.15, -0.1) is 0 Å². The Morgan fingerprint density at radius 1 is 1.14 bits per heavy atom. The summed E-state index contributed by atoms with van der Waals surface area (Å²) in [6.07, 6.45) is 7.71. The highest BCUT2D eigenvalue weighted by Gasteiger charge is 2.64. The smallest absolute Gasteiger partial charge is 0.243 e. The van der Waals surface area contributed by atoms with Crippen LogP contribution in [0.1, 0.15) is 30.4 Å². The molecule has 1 amide bonds. The minimum absolute atomic E-state index is 0.284. The van der Waals surface area contributed by atoms with E-state index in [1.54, 1.807) is 7.11 Å². The molecular weight excluding hydrogens is 360 g/mol. The Hall–Kier alpha value is -2.59. The van der Waals surface area contributed by atoms with Gasteiger partial charge in [-0.25, -0.2) is 0 Å². The minimum atomic E-state index is -0.284. The molecule has 2 aromatic rings. The summed E-state index contributed by atoms with van der Waals surface area (Å²) in [6, 6.07) is 18.8. The van der Waals surface area contributed by atoms with Gasteiger partial charge in [0.05, 0.1) is 7.11 Å². The molecule has 0 aliphatic carbocycles. The second-order valence-electron chi connectivity index (χ2n) is 8.49. The molecule has 5 rings (SSSR count). The first kappa shape index (κ1) is 18.4. The average Bonchev–Trinajstić information content (AvgIpc) is 3.39. The normalized spacial score (nSPS) is 28.9. The van der Waals surface area contributed by atoms with Gasteiger partial charge in [0.25, 0.3) is 0 Å². The molecule has 3 atom stereocenters. The molecule has 0 saturated carbocycles. The fourth-order valence-electron chi connectivity index (χ4n) is 5.77. The third-order valence-corrected chi connectivity index (χ3v) is 7.03. The average molecular weight is 389 g/mol. The maximum Gasteiger partial charge on any atom is 0.243 e. The Morgan fingerprint density at radius 2 is 1.93 bits per heavy atom. The molecule has 0 bridgehead atoms. The summed E-state index contributed by atoms with van der Waals surface area (Å²) in [6.45, 7) is 2.51. The molecule has 3 aliphatic heterocycles. The lowest BCUT2D eigenvalue weighted by Crippen LogP contribution is -2.50. The van der Waals surface area contributed by atoms with E-state index in [1.807, 2.05) is 24.3 Å². The molecule has 29 heavy (non-hydrogen) atoms. The largest absolute Gasteiger partial charge is 0.496 e. The molecule has 2 aromatic carbocycles. The summed E-state index contributed by atoms with van der Waals surface area (Å²) >= 11 is 0. The second kappa shape index (κ2) is 7.34. The lowest BCUT2D eigenvalue weighted by atomic mass is 9.85. The van der Waals surface area contributed by atoms with Crippen LogP contribution >= 0.6 is 0 Å². The molecule has 1 spiro atoms. The Bertz CT molecular complexity index is 925. The molecule has 4 heteroatoms. The van der Waals surface area contributed by atoms with E-state index in [9.17, 15) is 4.79 Å². The third-order valence-electron chi connectivity index (χ3n) is 7.03. The zero-order valence-corrected chi connectivity index (χ0v) is 17.0. The number of carbonyl (C=O) groups excluding carboxylic acids is 1. The number of hydrogen-bond acceptors (Lipinski definition) is 3. The second-order valence-corrected chi connectivity index (χ2v) is 8.49. The van der Waals surface area contributed by atoms with Gasteiger partial charge in [0, 0.05) is 30.6 Å². The zero-order valence-electron chi connectivity index (χ0n) is 17.0. The van der Waals surface area contributed by atoms with Crippen molar-refractivity contribution in [3.63, 3.8) is 0 Å². The van der Waals surface area contributed by atoms with Crippen molar-refractivity contribution >= 4 is 12.0 Å². The van der Waals surface area contributed by atoms with Crippen molar-refractivity contribution in [1.29, 1.82) is 0 Å². The highest BCUT2D eigenvalue weighted by molar-refractivity contribution is 5.90. The summed E-state index contributed by atoms with van der Waals surface area (Å²) in [4.78, 5) is 18.2. The van der Waals surface area contributed by atoms with Crippen LogP contribution < -0.4 is 4.74 Å². The van der Waals surface area contributed by atoms with Gasteiger partial charge in [-0.05, 0) is 37.4 Å². The predicted octanol–water partition coefficient (Wildman–Crippen LogP) is 3.97. The van der Waals surface area contributed by atoms with Crippen LogP contribution in [0.4, 0.5) is 0 Å². The number of benzene rings is 2. The first-order valence-electron chi connectivity index (χ1n) is 10.6. The molecule has 0 radical (unpaired) electrons. The van der Waals surface area contributed by atoms with Crippen molar-refractivity contribution in [3.05, 3.63) is 71.8 Å². The summed E-state index contributed by atoms with van der Waals surface area (Å²) in [5, 5.41) is 0. The number of hydrogen-bond donors (Lipinski definition) is 0. The van der Waals surface area contributed by atoms with E-state index in [-0.39, 0.29) is 5.54 Å².